The number of hydrogen-bond acceptors (Lipinski definition) is 4. The van der Waals surface area contributed by atoms with Crippen molar-refractivity contribution in [1.29, 1.82) is 0 Å². The summed E-state index contributed by atoms with van der Waals surface area (Å²) in [7, 11) is -1.99. The zero-order valence-corrected chi connectivity index (χ0v) is 12.3. The summed E-state index contributed by atoms with van der Waals surface area (Å²) in [5.74, 6) is -0.599. The van der Waals surface area contributed by atoms with Crippen LogP contribution in [0.25, 0.3) is 0 Å². The van der Waals surface area contributed by atoms with Gasteiger partial charge in [-0.05, 0) is 18.8 Å². The lowest BCUT2D eigenvalue weighted by Gasteiger charge is -2.14. The first-order valence-electron chi connectivity index (χ1n) is 6.36. The SMILES string of the molecule is CCC(CCNS(=O)(=O)NCCOC)CCC(=O)O. The van der Waals surface area contributed by atoms with Gasteiger partial charge in [0, 0.05) is 26.6 Å². The first-order chi connectivity index (χ1) is 8.91. The van der Waals surface area contributed by atoms with E-state index in [1.54, 1.807) is 0 Å². The van der Waals surface area contributed by atoms with E-state index in [0.29, 0.717) is 26.0 Å². The van der Waals surface area contributed by atoms with Crippen molar-refractivity contribution >= 4 is 16.2 Å². The molecule has 114 valence electrons. The molecule has 0 fully saturated rings. The molecule has 0 heterocycles. The van der Waals surface area contributed by atoms with E-state index in [1.165, 1.54) is 7.11 Å². The highest BCUT2D eigenvalue weighted by atomic mass is 32.2. The maximum atomic E-state index is 11.5. The van der Waals surface area contributed by atoms with Gasteiger partial charge >= 0.3 is 5.97 Å². The minimum absolute atomic E-state index is 0.122. The second kappa shape index (κ2) is 10.1. The number of carbonyl (C=O) groups is 1. The van der Waals surface area contributed by atoms with Gasteiger partial charge in [-0.15, -0.1) is 0 Å². The Morgan fingerprint density at radius 3 is 2.42 bits per heavy atom. The summed E-state index contributed by atoms with van der Waals surface area (Å²) < 4.78 is 32.5. The summed E-state index contributed by atoms with van der Waals surface area (Å²) in [4.78, 5) is 10.5. The van der Waals surface area contributed by atoms with E-state index >= 15 is 0 Å². The van der Waals surface area contributed by atoms with Crippen LogP contribution in [0, 0.1) is 5.92 Å². The molecule has 1 unspecified atom stereocenters. The number of carboxylic acids is 1. The number of ether oxygens (including phenoxy) is 1. The topological polar surface area (TPSA) is 105 Å². The first kappa shape index (κ1) is 18.3. The minimum atomic E-state index is -3.49. The average Bonchev–Trinajstić information content (AvgIpc) is 2.33. The Morgan fingerprint density at radius 2 is 1.89 bits per heavy atom. The van der Waals surface area contributed by atoms with Crippen LogP contribution < -0.4 is 9.44 Å². The van der Waals surface area contributed by atoms with Crippen molar-refractivity contribution in [3.63, 3.8) is 0 Å². The lowest BCUT2D eigenvalue weighted by molar-refractivity contribution is -0.137. The van der Waals surface area contributed by atoms with Crippen molar-refractivity contribution in [1.82, 2.24) is 9.44 Å². The lowest BCUT2D eigenvalue weighted by atomic mass is 9.97. The fraction of sp³-hybridized carbons (Fsp3) is 0.909. The van der Waals surface area contributed by atoms with Gasteiger partial charge in [-0.3, -0.25) is 4.79 Å². The second-order valence-corrected chi connectivity index (χ2v) is 5.86. The molecule has 0 aromatic rings. The molecule has 19 heavy (non-hydrogen) atoms. The maximum absolute atomic E-state index is 11.5. The number of aliphatic carboxylic acids is 1. The minimum Gasteiger partial charge on any atom is -0.481 e. The third-order valence-corrected chi connectivity index (χ3v) is 3.96. The quantitative estimate of drug-likeness (QED) is 0.450. The molecular formula is C11H24N2O5S. The summed E-state index contributed by atoms with van der Waals surface area (Å²) in [6.45, 7) is 2.82. The van der Waals surface area contributed by atoms with Crippen LogP contribution in [-0.4, -0.2) is 46.3 Å². The summed E-state index contributed by atoms with van der Waals surface area (Å²) >= 11 is 0. The van der Waals surface area contributed by atoms with Gasteiger partial charge in [-0.2, -0.15) is 13.1 Å². The molecule has 0 aliphatic carbocycles. The highest BCUT2D eigenvalue weighted by molar-refractivity contribution is 7.87. The van der Waals surface area contributed by atoms with Crippen molar-refractivity contribution in [3.05, 3.63) is 0 Å². The lowest BCUT2D eigenvalue weighted by Crippen LogP contribution is -2.39. The Bertz CT molecular complexity index is 345. The Labute approximate surface area is 114 Å². The maximum Gasteiger partial charge on any atom is 0.303 e. The molecule has 7 nitrogen and oxygen atoms in total. The molecule has 0 spiro atoms. The third-order valence-electron chi connectivity index (χ3n) is 2.79. The Hall–Kier alpha value is -0.700. The van der Waals surface area contributed by atoms with Crippen molar-refractivity contribution in [2.24, 2.45) is 5.92 Å². The smallest absolute Gasteiger partial charge is 0.303 e. The number of rotatable bonds is 12. The normalized spacial score (nSPS) is 13.4. The fourth-order valence-corrected chi connectivity index (χ4v) is 2.45. The summed E-state index contributed by atoms with van der Waals surface area (Å²) in [5, 5.41) is 8.60. The van der Waals surface area contributed by atoms with Crippen LogP contribution in [0.2, 0.25) is 0 Å². The fourth-order valence-electron chi connectivity index (χ4n) is 1.61. The van der Waals surface area contributed by atoms with E-state index in [-0.39, 0.29) is 18.9 Å². The average molecular weight is 296 g/mol. The molecule has 0 aliphatic rings. The van der Waals surface area contributed by atoms with Gasteiger partial charge in [0.1, 0.15) is 0 Å². The van der Waals surface area contributed by atoms with Gasteiger partial charge in [0.15, 0.2) is 0 Å². The zero-order valence-electron chi connectivity index (χ0n) is 11.5. The van der Waals surface area contributed by atoms with Crippen LogP contribution in [0.5, 0.6) is 0 Å². The molecule has 0 aromatic heterocycles. The Morgan fingerprint density at radius 1 is 1.26 bits per heavy atom. The monoisotopic (exact) mass is 296 g/mol. The van der Waals surface area contributed by atoms with Crippen LogP contribution in [-0.2, 0) is 19.7 Å². The van der Waals surface area contributed by atoms with Gasteiger partial charge in [-0.25, -0.2) is 4.72 Å². The molecule has 0 bridgehead atoms. The van der Waals surface area contributed by atoms with Crippen molar-refractivity contribution in [3.8, 4) is 0 Å². The van der Waals surface area contributed by atoms with Crippen molar-refractivity contribution < 1.29 is 23.1 Å². The molecule has 0 amide bonds. The summed E-state index contributed by atoms with van der Waals surface area (Å²) in [5.41, 5.74) is 0. The van der Waals surface area contributed by atoms with E-state index in [1.807, 2.05) is 6.92 Å². The predicted molar refractivity (Wildman–Crippen MR) is 72.1 cm³/mol. The van der Waals surface area contributed by atoms with Gasteiger partial charge in [0.25, 0.3) is 10.2 Å². The first-order valence-corrected chi connectivity index (χ1v) is 7.84. The van der Waals surface area contributed by atoms with Crippen molar-refractivity contribution in [2.75, 3.05) is 26.8 Å². The van der Waals surface area contributed by atoms with Crippen LogP contribution in [0.15, 0.2) is 0 Å². The van der Waals surface area contributed by atoms with Crippen LogP contribution in [0.3, 0.4) is 0 Å². The summed E-state index contributed by atoms with van der Waals surface area (Å²) in [6.07, 6.45) is 2.17. The zero-order chi connectivity index (χ0) is 14.7. The molecule has 0 rings (SSSR count). The molecule has 8 heteroatoms. The van der Waals surface area contributed by atoms with Crippen molar-refractivity contribution in [2.45, 2.75) is 32.6 Å². The van der Waals surface area contributed by atoms with E-state index in [2.05, 4.69) is 9.44 Å². The van der Waals surface area contributed by atoms with E-state index < -0.39 is 16.2 Å². The highest BCUT2D eigenvalue weighted by Crippen LogP contribution is 2.14. The Kier molecular flexibility index (Phi) is 9.76. The van der Waals surface area contributed by atoms with Crippen LogP contribution >= 0.6 is 0 Å². The standard InChI is InChI=1S/C11H24N2O5S/c1-3-10(4-5-11(14)15)6-7-12-19(16,17)13-8-9-18-2/h10,12-13H,3-9H2,1-2H3,(H,14,15). The number of nitrogens with one attached hydrogen (secondary N) is 2. The molecule has 0 saturated carbocycles. The number of hydrogen-bond donors (Lipinski definition) is 3. The molecule has 0 aromatic carbocycles. The largest absolute Gasteiger partial charge is 0.481 e. The van der Waals surface area contributed by atoms with Crippen LogP contribution in [0.4, 0.5) is 0 Å². The Balaban J connectivity index is 3.88. The predicted octanol–water partition coefficient (Wildman–Crippen LogP) is 0.338. The van der Waals surface area contributed by atoms with Gasteiger partial charge in [-0.1, -0.05) is 13.3 Å². The molecule has 3 N–H and O–H groups in total. The number of carboxylic acid groups (broad SMARTS) is 1. The molecule has 0 saturated heterocycles. The molecule has 0 aliphatic heterocycles. The second-order valence-electron chi connectivity index (χ2n) is 4.28. The van der Waals surface area contributed by atoms with Crippen LogP contribution in [0.1, 0.15) is 32.6 Å². The van der Waals surface area contributed by atoms with E-state index in [0.717, 1.165) is 6.42 Å². The number of methoxy groups -OCH3 is 1. The van der Waals surface area contributed by atoms with E-state index in [4.69, 9.17) is 9.84 Å². The highest BCUT2D eigenvalue weighted by Gasteiger charge is 2.12. The summed E-state index contributed by atoms with van der Waals surface area (Å²) in [6, 6.07) is 0. The van der Waals surface area contributed by atoms with Gasteiger partial charge in [0.2, 0.25) is 0 Å². The van der Waals surface area contributed by atoms with Gasteiger partial charge in [0.05, 0.1) is 6.61 Å². The molecule has 0 radical (unpaired) electrons. The third kappa shape index (κ3) is 10.9. The molecule has 1 atom stereocenters. The van der Waals surface area contributed by atoms with Gasteiger partial charge < -0.3 is 9.84 Å². The van der Waals surface area contributed by atoms with E-state index in [9.17, 15) is 13.2 Å². The molecular weight excluding hydrogens is 272 g/mol.